The number of benzene rings is 1. The van der Waals surface area contributed by atoms with Crippen molar-refractivity contribution in [1.29, 1.82) is 0 Å². The lowest BCUT2D eigenvalue weighted by Crippen LogP contribution is -2.30. The van der Waals surface area contributed by atoms with E-state index < -0.39 is 0 Å². The monoisotopic (exact) mass is 285 g/mol. The van der Waals surface area contributed by atoms with E-state index in [0.717, 1.165) is 5.56 Å². The second-order valence-corrected chi connectivity index (χ2v) is 4.77. The van der Waals surface area contributed by atoms with Gasteiger partial charge in [0.05, 0.1) is 17.9 Å². The molecule has 0 spiro atoms. The molecule has 1 amide bonds. The molecule has 0 saturated heterocycles. The molecule has 0 atom stereocenters. The van der Waals surface area contributed by atoms with Crippen molar-refractivity contribution in [3.63, 3.8) is 0 Å². The lowest BCUT2D eigenvalue weighted by Gasteiger charge is -2.18. The van der Waals surface area contributed by atoms with Crippen LogP contribution in [0.5, 0.6) is 0 Å². The standard InChI is InChI=1S/C16H19N3O2/c1-12-17-11-14(16(20)19(2)9-10-21-3)15(18-12)13-7-5-4-6-8-13/h4-8,11H,9-10H2,1-3H3. The molecule has 21 heavy (non-hydrogen) atoms. The lowest BCUT2D eigenvalue weighted by molar-refractivity contribution is 0.0744. The van der Waals surface area contributed by atoms with Gasteiger partial charge in [-0.15, -0.1) is 0 Å². The molecule has 0 radical (unpaired) electrons. The van der Waals surface area contributed by atoms with Crippen LogP contribution in [0.4, 0.5) is 0 Å². The van der Waals surface area contributed by atoms with Crippen LogP contribution in [0.1, 0.15) is 16.2 Å². The highest BCUT2D eigenvalue weighted by molar-refractivity contribution is 5.99. The topological polar surface area (TPSA) is 55.3 Å². The number of ether oxygens (including phenoxy) is 1. The predicted octanol–water partition coefficient (Wildman–Crippen LogP) is 2.17. The molecule has 1 aromatic carbocycles. The second kappa shape index (κ2) is 6.95. The van der Waals surface area contributed by atoms with Gasteiger partial charge in [0.25, 0.3) is 5.91 Å². The van der Waals surface area contributed by atoms with Crippen LogP contribution in [-0.4, -0.2) is 48.1 Å². The van der Waals surface area contributed by atoms with Crippen molar-refractivity contribution in [2.24, 2.45) is 0 Å². The van der Waals surface area contributed by atoms with E-state index in [4.69, 9.17) is 4.74 Å². The third kappa shape index (κ3) is 3.64. The molecule has 2 rings (SSSR count). The van der Waals surface area contributed by atoms with Crippen molar-refractivity contribution in [3.05, 3.63) is 47.9 Å². The SMILES string of the molecule is COCCN(C)C(=O)c1cnc(C)nc1-c1ccccc1. The fraction of sp³-hybridized carbons (Fsp3) is 0.312. The van der Waals surface area contributed by atoms with Crippen LogP contribution < -0.4 is 0 Å². The molecule has 0 saturated carbocycles. The van der Waals surface area contributed by atoms with Crippen molar-refractivity contribution < 1.29 is 9.53 Å². The van der Waals surface area contributed by atoms with Crippen LogP contribution >= 0.6 is 0 Å². The van der Waals surface area contributed by atoms with Gasteiger partial charge >= 0.3 is 0 Å². The van der Waals surface area contributed by atoms with Gasteiger partial charge in [-0.2, -0.15) is 0 Å². The molecule has 2 aromatic rings. The van der Waals surface area contributed by atoms with E-state index in [-0.39, 0.29) is 5.91 Å². The Morgan fingerprint density at radius 2 is 2.00 bits per heavy atom. The molecule has 0 N–H and O–H groups in total. The highest BCUT2D eigenvalue weighted by Crippen LogP contribution is 2.21. The van der Waals surface area contributed by atoms with Crippen LogP contribution in [-0.2, 0) is 4.74 Å². The zero-order valence-corrected chi connectivity index (χ0v) is 12.5. The molecule has 5 nitrogen and oxygen atoms in total. The van der Waals surface area contributed by atoms with Gasteiger partial charge in [-0.25, -0.2) is 9.97 Å². The first-order chi connectivity index (χ1) is 10.1. The van der Waals surface area contributed by atoms with Crippen molar-refractivity contribution >= 4 is 5.91 Å². The van der Waals surface area contributed by atoms with Crippen LogP contribution in [0.3, 0.4) is 0 Å². The van der Waals surface area contributed by atoms with Gasteiger partial charge in [0.2, 0.25) is 0 Å². The maximum Gasteiger partial charge on any atom is 0.257 e. The van der Waals surface area contributed by atoms with Crippen LogP contribution in [0, 0.1) is 6.92 Å². The molecule has 5 heteroatoms. The number of hydrogen-bond acceptors (Lipinski definition) is 4. The molecule has 0 aliphatic carbocycles. The summed E-state index contributed by atoms with van der Waals surface area (Å²) in [6.45, 7) is 2.84. The minimum Gasteiger partial charge on any atom is -0.383 e. The smallest absolute Gasteiger partial charge is 0.257 e. The summed E-state index contributed by atoms with van der Waals surface area (Å²) in [5, 5.41) is 0. The Balaban J connectivity index is 2.38. The fourth-order valence-corrected chi connectivity index (χ4v) is 1.98. The Morgan fingerprint density at radius 3 is 2.67 bits per heavy atom. The van der Waals surface area contributed by atoms with Gasteiger partial charge in [0.1, 0.15) is 5.82 Å². The molecule has 0 aliphatic rings. The molecule has 110 valence electrons. The van der Waals surface area contributed by atoms with Gasteiger partial charge in [-0.3, -0.25) is 4.79 Å². The second-order valence-electron chi connectivity index (χ2n) is 4.77. The summed E-state index contributed by atoms with van der Waals surface area (Å²) in [6.07, 6.45) is 1.59. The van der Waals surface area contributed by atoms with E-state index in [1.165, 1.54) is 0 Å². The summed E-state index contributed by atoms with van der Waals surface area (Å²) in [5.41, 5.74) is 2.08. The van der Waals surface area contributed by atoms with Crippen LogP contribution in [0.2, 0.25) is 0 Å². The molecular formula is C16H19N3O2. The number of aromatic nitrogens is 2. The van der Waals surface area contributed by atoms with E-state index in [9.17, 15) is 4.79 Å². The van der Waals surface area contributed by atoms with Crippen molar-refractivity contribution in [2.75, 3.05) is 27.3 Å². The number of carbonyl (C=O) groups is 1. The van der Waals surface area contributed by atoms with Crippen molar-refractivity contribution in [3.8, 4) is 11.3 Å². The number of carbonyl (C=O) groups excluding carboxylic acids is 1. The number of methoxy groups -OCH3 is 1. The number of likely N-dealkylation sites (N-methyl/N-ethyl adjacent to an activating group) is 1. The molecule has 0 fully saturated rings. The summed E-state index contributed by atoms with van der Waals surface area (Å²) in [7, 11) is 3.36. The van der Waals surface area contributed by atoms with Gasteiger partial charge in [-0.05, 0) is 6.92 Å². The largest absolute Gasteiger partial charge is 0.383 e. The predicted molar refractivity (Wildman–Crippen MR) is 81.0 cm³/mol. The maximum absolute atomic E-state index is 12.5. The van der Waals surface area contributed by atoms with Crippen LogP contribution in [0.25, 0.3) is 11.3 Å². The third-order valence-corrected chi connectivity index (χ3v) is 3.16. The first-order valence-corrected chi connectivity index (χ1v) is 6.77. The molecule has 1 aromatic heterocycles. The first kappa shape index (κ1) is 15.1. The van der Waals surface area contributed by atoms with E-state index in [2.05, 4.69) is 9.97 Å². The Bertz CT molecular complexity index is 614. The van der Waals surface area contributed by atoms with Crippen molar-refractivity contribution in [2.45, 2.75) is 6.92 Å². The number of nitrogens with zero attached hydrogens (tertiary/aromatic N) is 3. The molecular weight excluding hydrogens is 266 g/mol. The molecule has 0 aliphatic heterocycles. The van der Waals surface area contributed by atoms with Crippen LogP contribution in [0.15, 0.2) is 36.5 Å². The normalized spacial score (nSPS) is 10.4. The van der Waals surface area contributed by atoms with Gasteiger partial charge in [0.15, 0.2) is 0 Å². The summed E-state index contributed by atoms with van der Waals surface area (Å²) in [4.78, 5) is 22.8. The van der Waals surface area contributed by atoms with E-state index in [0.29, 0.717) is 30.2 Å². The number of aryl methyl sites for hydroxylation is 1. The maximum atomic E-state index is 12.5. The molecule has 0 unspecified atom stereocenters. The first-order valence-electron chi connectivity index (χ1n) is 6.77. The van der Waals surface area contributed by atoms with E-state index in [1.54, 1.807) is 25.3 Å². The Hall–Kier alpha value is -2.27. The zero-order valence-electron chi connectivity index (χ0n) is 12.5. The third-order valence-electron chi connectivity index (χ3n) is 3.16. The average Bonchev–Trinajstić information content (AvgIpc) is 2.52. The average molecular weight is 285 g/mol. The number of hydrogen-bond donors (Lipinski definition) is 0. The minimum absolute atomic E-state index is 0.106. The minimum atomic E-state index is -0.106. The Labute approximate surface area is 124 Å². The van der Waals surface area contributed by atoms with Gasteiger partial charge < -0.3 is 9.64 Å². The molecule has 1 heterocycles. The summed E-state index contributed by atoms with van der Waals surface area (Å²) < 4.78 is 5.01. The quantitative estimate of drug-likeness (QED) is 0.845. The highest BCUT2D eigenvalue weighted by Gasteiger charge is 2.18. The Morgan fingerprint density at radius 1 is 1.29 bits per heavy atom. The summed E-state index contributed by atoms with van der Waals surface area (Å²) >= 11 is 0. The number of rotatable bonds is 5. The summed E-state index contributed by atoms with van der Waals surface area (Å²) in [5.74, 6) is 0.538. The summed E-state index contributed by atoms with van der Waals surface area (Å²) in [6, 6.07) is 9.66. The Kier molecular flexibility index (Phi) is 5.00. The fourth-order valence-electron chi connectivity index (χ4n) is 1.98. The van der Waals surface area contributed by atoms with Crippen molar-refractivity contribution in [1.82, 2.24) is 14.9 Å². The van der Waals surface area contributed by atoms with Gasteiger partial charge in [-0.1, -0.05) is 30.3 Å². The van der Waals surface area contributed by atoms with Gasteiger partial charge in [0, 0.05) is 32.5 Å². The molecule has 0 bridgehead atoms. The highest BCUT2D eigenvalue weighted by atomic mass is 16.5. The zero-order chi connectivity index (χ0) is 15.2. The lowest BCUT2D eigenvalue weighted by atomic mass is 10.1. The van der Waals surface area contributed by atoms with E-state index >= 15 is 0 Å². The van der Waals surface area contributed by atoms with E-state index in [1.807, 2.05) is 37.3 Å². The number of amides is 1.